The van der Waals surface area contributed by atoms with E-state index in [0.717, 1.165) is 52.0 Å². The van der Waals surface area contributed by atoms with Crippen molar-refractivity contribution in [2.75, 3.05) is 0 Å². The first kappa shape index (κ1) is 15.1. The van der Waals surface area contributed by atoms with Gasteiger partial charge in [0.05, 0.1) is 12.1 Å². The van der Waals surface area contributed by atoms with E-state index in [2.05, 4.69) is 27.0 Å². The molecular formula is C17H19N5OS. The number of aryl methyl sites for hydroxylation is 2. The van der Waals surface area contributed by atoms with Gasteiger partial charge in [-0.05, 0) is 38.0 Å². The maximum absolute atomic E-state index is 12.8. The summed E-state index contributed by atoms with van der Waals surface area (Å²) in [5.41, 5.74) is 1.78. The van der Waals surface area contributed by atoms with Crippen molar-refractivity contribution in [1.29, 1.82) is 0 Å². The van der Waals surface area contributed by atoms with Gasteiger partial charge in [0, 0.05) is 30.2 Å². The van der Waals surface area contributed by atoms with Crippen molar-refractivity contribution in [3.8, 4) is 5.00 Å². The van der Waals surface area contributed by atoms with E-state index in [1.165, 1.54) is 0 Å². The maximum Gasteiger partial charge on any atom is 0.254 e. The normalized spacial score (nSPS) is 13.2. The minimum absolute atomic E-state index is 0.0594. The molecule has 1 aliphatic heterocycles. The molecule has 6 nitrogen and oxygen atoms in total. The van der Waals surface area contributed by atoms with Crippen LogP contribution in [0.2, 0.25) is 0 Å². The molecule has 1 amide bonds. The zero-order valence-corrected chi connectivity index (χ0v) is 14.6. The van der Waals surface area contributed by atoms with Gasteiger partial charge in [0.1, 0.15) is 10.8 Å². The van der Waals surface area contributed by atoms with Gasteiger partial charge in [0.15, 0.2) is 5.82 Å². The van der Waals surface area contributed by atoms with Gasteiger partial charge >= 0.3 is 0 Å². The van der Waals surface area contributed by atoms with Gasteiger partial charge in [-0.1, -0.05) is 0 Å². The van der Waals surface area contributed by atoms with Crippen molar-refractivity contribution in [2.24, 2.45) is 0 Å². The van der Waals surface area contributed by atoms with E-state index < -0.39 is 0 Å². The third-order valence-electron chi connectivity index (χ3n) is 4.53. The quantitative estimate of drug-likeness (QED) is 0.793. The smallest absolute Gasteiger partial charge is 0.254 e. The average Bonchev–Trinajstić information content (AvgIpc) is 3.30. The Labute approximate surface area is 144 Å². The Kier molecular flexibility index (Phi) is 3.72. The molecule has 0 fully saturated rings. The number of carbonyl (C=O) groups excluding carboxylic acids is 1. The lowest BCUT2D eigenvalue weighted by atomic mass is 10.1. The van der Waals surface area contributed by atoms with E-state index >= 15 is 0 Å². The number of aromatic nitrogens is 4. The molecule has 124 valence electrons. The first-order valence-electron chi connectivity index (χ1n) is 8.07. The Balaban J connectivity index is 1.58. The molecule has 0 bridgehead atoms. The predicted molar refractivity (Wildman–Crippen MR) is 92.6 cm³/mol. The van der Waals surface area contributed by atoms with Gasteiger partial charge in [-0.25, -0.2) is 0 Å². The van der Waals surface area contributed by atoms with Crippen LogP contribution in [0.25, 0.3) is 5.00 Å². The Morgan fingerprint density at radius 1 is 1.29 bits per heavy atom. The molecule has 0 atom stereocenters. The molecule has 0 saturated heterocycles. The fraction of sp³-hybridized carbons (Fsp3) is 0.353. The highest BCUT2D eigenvalue weighted by atomic mass is 32.1. The summed E-state index contributed by atoms with van der Waals surface area (Å²) in [5.74, 6) is 1.80. The third kappa shape index (κ3) is 2.45. The second kappa shape index (κ2) is 5.90. The van der Waals surface area contributed by atoms with E-state index in [4.69, 9.17) is 0 Å². The maximum atomic E-state index is 12.8. The molecule has 1 aliphatic rings. The molecule has 7 heteroatoms. The number of thiophene rings is 1. The van der Waals surface area contributed by atoms with Crippen LogP contribution in [-0.2, 0) is 19.5 Å². The van der Waals surface area contributed by atoms with Crippen molar-refractivity contribution in [3.05, 3.63) is 52.2 Å². The monoisotopic (exact) mass is 341 g/mol. The van der Waals surface area contributed by atoms with Gasteiger partial charge in [0.2, 0.25) is 0 Å². The predicted octanol–water partition coefficient (Wildman–Crippen LogP) is 2.62. The van der Waals surface area contributed by atoms with Crippen molar-refractivity contribution >= 4 is 17.2 Å². The highest BCUT2D eigenvalue weighted by Crippen LogP contribution is 2.31. The van der Waals surface area contributed by atoms with Crippen LogP contribution in [-0.4, -0.2) is 25.2 Å². The molecule has 3 aromatic heterocycles. The van der Waals surface area contributed by atoms with Gasteiger partial charge < -0.3 is 14.5 Å². The number of carbonyl (C=O) groups is 1. The highest BCUT2D eigenvalue weighted by Gasteiger charge is 2.22. The lowest BCUT2D eigenvalue weighted by Gasteiger charge is -2.08. The first-order chi connectivity index (χ1) is 11.6. The Morgan fingerprint density at radius 2 is 2.08 bits per heavy atom. The molecule has 0 aliphatic carbocycles. The standard InChI is InChI=1S/C17H19N5OS/c1-11-12(2)24-17(21-7-3-4-8-21)15(11)16(23)18-10-14-20-19-13-6-5-9-22(13)14/h3-4,7-8H,5-6,9-10H2,1-2H3,(H,18,23). The van der Waals surface area contributed by atoms with Gasteiger partial charge in [-0.3, -0.25) is 4.79 Å². The van der Waals surface area contributed by atoms with E-state index in [1.807, 2.05) is 36.0 Å². The van der Waals surface area contributed by atoms with Crippen molar-refractivity contribution in [1.82, 2.24) is 24.6 Å². The fourth-order valence-electron chi connectivity index (χ4n) is 3.12. The van der Waals surface area contributed by atoms with E-state index in [0.29, 0.717) is 6.54 Å². The van der Waals surface area contributed by atoms with Crippen LogP contribution in [0.15, 0.2) is 24.5 Å². The Hall–Kier alpha value is -2.41. The van der Waals surface area contributed by atoms with Crippen molar-refractivity contribution < 1.29 is 4.79 Å². The summed E-state index contributed by atoms with van der Waals surface area (Å²) in [5, 5.41) is 12.4. The summed E-state index contributed by atoms with van der Waals surface area (Å²) in [6.07, 6.45) is 6.01. The van der Waals surface area contributed by atoms with Crippen LogP contribution in [0.1, 0.15) is 38.9 Å². The molecule has 4 rings (SSSR count). The second-order valence-corrected chi connectivity index (χ2v) is 7.23. The molecule has 0 saturated carbocycles. The van der Waals surface area contributed by atoms with Crippen LogP contribution in [0.3, 0.4) is 0 Å². The minimum atomic E-state index is -0.0594. The SMILES string of the molecule is Cc1sc(-n2cccc2)c(C(=O)NCc2nnc3n2CCC3)c1C. The van der Waals surface area contributed by atoms with Gasteiger partial charge in [0.25, 0.3) is 5.91 Å². The summed E-state index contributed by atoms with van der Waals surface area (Å²) in [6, 6.07) is 3.93. The average molecular weight is 341 g/mol. The molecule has 1 N–H and O–H groups in total. The molecule has 0 spiro atoms. The number of nitrogens with one attached hydrogen (secondary N) is 1. The van der Waals surface area contributed by atoms with Crippen LogP contribution in [0.5, 0.6) is 0 Å². The zero-order chi connectivity index (χ0) is 16.7. The number of rotatable bonds is 4. The summed E-state index contributed by atoms with van der Waals surface area (Å²) in [6.45, 7) is 5.40. The summed E-state index contributed by atoms with van der Waals surface area (Å²) in [7, 11) is 0. The van der Waals surface area contributed by atoms with Gasteiger partial charge in [-0.2, -0.15) is 0 Å². The minimum Gasteiger partial charge on any atom is -0.345 e. The summed E-state index contributed by atoms with van der Waals surface area (Å²) >= 11 is 1.64. The lowest BCUT2D eigenvalue weighted by molar-refractivity contribution is 0.0949. The van der Waals surface area contributed by atoms with Crippen LogP contribution in [0.4, 0.5) is 0 Å². The number of hydrogen-bond donors (Lipinski definition) is 1. The van der Waals surface area contributed by atoms with E-state index in [9.17, 15) is 4.79 Å². The number of fused-ring (bicyclic) bond motifs is 1. The van der Waals surface area contributed by atoms with Gasteiger partial charge in [-0.15, -0.1) is 21.5 Å². The van der Waals surface area contributed by atoms with Crippen molar-refractivity contribution in [3.63, 3.8) is 0 Å². The number of hydrogen-bond acceptors (Lipinski definition) is 4. The molecule has 4 heterocycles. The zero-order valence-electron chi connectivity index (χ0n) is 13.7. The summed E-state index contributed by atoms with van der Waals surface area (Å²) < 4.78 is 4.10. The number of amides is 1. The first-order valence-corrected chi connectivity index (χ1v) is 8.89. The molecule has 24 heavy (non-hydrogen) atoms. The molecule has 0 radical (unpaired) electrons. The highest BCUT2D eigenvalue weighted by molar-refractivity contribution is 7.15. The topological polar surface area (TPSA) is 64.7 Å². The fourth-order valence-corrected chi connectivity index (χ4v) is 4.24. The second-order valence-electron chi connectivity index (χ2n) is 6.02. The Morgan fingerprint density at radius 3 is 2.88 bits per heavy atom. The molecular weight excluding hydrogens is 322 g/mol. The lowest BCUT2D eigenvalue weighted by Crippen LogP contribution is -2.25. The summed E-state index contributed by atoms with van der Waals surface area (Å²) in [4.78, 5) is 14.0. The van der Waals surface area contributed by atoms with E-state index in [-0.39, 0.29) is 5.91 Å². The van der Waals surface area contributed by atoms with E-state index in [1.54, 1.807) is 11.3 Å². The molecule has 3 aromatic rings. The van der Waals surface area contributed by atoms with Crippen LogP contribution in [0, 0.1) is 13.8 Å². The largest absolute Gasteiger partial charge is 0.345 e. The number of nitrogens with zero attached hydrogens (tertiary/aromatic N) is 4. The van der Waals surface area contributed by atoms with Crippen molar-refractivity contribution in [2.45, 2.75) is 39.8 Å². The molecule has 0 aromatic carbocycles. The third-order valence-corrected chi connectivity index (χ3v) is 5.75. The molecule has 0 unspecified atom stereocenters. The van der Waals surface area contributed by atoms with Crippen LogP contribution < -0.4 is 5.32 Å². The van der Waals surface area contributed by atoms with Crippen LogP contribution >= 0.6 is 11.3 Å². The Bertz CT molecular complexity index is 891.